The number of ether oxygens (including phenoxy) is 4. The molecular weight excluding hydrogens is 364 g/mol. The molecule has 3 rings (SSSR count). The summed E-state index contributed by atoms with van der Waals surface area (Å²) in [6.07, 6.45) is 0. The molecule has 7 nitrogen and oxygen atoms in total. The van der Waals surface area contributed by atoms with Crippen LogP contribution in [0.3, 0.4) is 0 Å². The molecule has 146 valence electrons. The van der Waals surface area contributed by atoms with Gasteiger partial charge in [-0.2, -0.15) is 0 Å². The Morgan fingerprint density at radius 1 is 0.964 bits per heavy atom. The van der Waals surface area contributed by atoms with Gasteiger partial charge in [0.15, 0.2) is 6.61 Å². The van der Waals surface area contributed by atoms with Crippen LogP contribution in [-0.2, 0) is 20.9 Å². The highest BCUT2D eigenvalue weighted by Crippen LogP contribution is 2.27. The van der Waals surface area contributed by atoms with Gasteiger partial charge in [0.05, 0.1) is 19.3 Å². The van der Waals surface area contributed by atoms with E-state index in [1.807, 2.05) is 6.07 Å². The first-order valence-electron chi connectivity index (χ1n) is 8.72. The number of methoxy groups -OCH3 is 1. The van der Waals surface area contributed by atoms with Crippen molar-refractivity contribution >= 4 is 22.9 Å². The van der Waals surface area contributed by atoms with Gasteiger partial charge in [-0.05, 0) is 37.3 Å². The average Bonchev–Trinajstić information content (AvgIpc) is 3.10. The maximum Gasteiger partial charge on any atom is 0.374 e. The Hall–Kier alpha value is -3.48. The fraction of sp³-hybridized carbons (Fsp3) is 0.238. The molecule has 0 spiro atoms. The Morgan fingerprint density at radius 2 is 1.68 bits per heavy atom. The van der Waals surface area contributed by atoms with E-state index in [1.165, 1.54) is 0 Å². The van der Waals surface area contributed by atoms with Crippen LogP contribution in [0.2, 0.25) is 0 Å². The van der Waals surface area contributed by atoms with Crippen LogP contribution in [0.15, 0.2) is 52.9 Å². The van der Waals surface area contributed by atoms with Crippen molar-refractivity contribution in [2.45, 2.75) is 13.5 Å². The molecule has 0 saturated carbocycles. The van der Waals surface area contributed by atoms with Gasteiger partial charge in [-0.3, -0.25) is 0 Å². The molecule has 1 aromatic heterocycles. The number of hydrogen-bond donors (Lipinski definition) is 0. The van der Waals surface area contributed by atoms with E-state index in [0.717, 1.165) is 0 Å². The van der Waals surface area contributed by atoms with E-state index >= 15 is 0 Å². The van der Waals surface area contributed by atoms with Gasteiger partial charge in [0.2, 0.25) is 5.76 Å². The number of rotatable bonds is 8. The average molecular weight is 384 g/mol. The second-order valence-electron chi connectivity index (χ2n) is 5.75. The molecule has 3 aromatic rings. The minimum Gasteiger partial charge on any atom is -0.497 e. The molecule has 0 aliphatic heterocycles. The number of hydrogen-bond acceptors (Lipinski definition) is 7. The summed E-state index contributed by atoms with van der Waals surface area (Å²) in [4.78, 5) is 24.2. The Morgan fingerprint density at radius 3 is 2.39 bits per heavy atom. The smallest absolute Gasteiger partial charge is 0.374 e. The van der Waals surface area contributed by atoms with Crippen LogP contribution >= 0.6 is 0 Å². The molecular formula is C21H20O7. The molecule has 0 N–H and O–H groups in total. The first-order valence-corrected chi connectivity index (χ1v) is 8.72. The lowest BCUT2D eigenvalue weighted by molar-refractivity contribution is -0.147. The van der Waals surface area contributed by atoms with Crippen molar-refractivity contribution in [3.8, 4) is 11.5 Å². The second kappa shape index (κ2) is 8.94. The lowest BCUT2D eigenvalue weighted by atomic mass is 10.1. The monoisotopic (exact) mass is 384 g/mol. The van der Waals surface area contributed by atoms with Crippen LogP contribution in [0.1, 0.15) is 23.0 Å². The SMILES string of the molecule is CCOC(=O)c1oc2ccccc2c1COC(=O)COc1ccc(OC)cc1. The van der Waals surface area contributed by atoms with Crippen molar-refractivity contribution in [1.82, 2.24) is 0 Å². The van der Waals surface area contributed by atoms with Crippen LogP contribution in [0.5, 0.6) is 11.5 Å². The molecule has 0 aliphatic rings. The summed E-state index contributed by atoms with van der Waals surface area (Å²) in [5.74, 6) is 0.0639. The van der Waals surface area contributed by atoms with E-state index in [9.17, 15) is 9.59 Å². The number of furan rings is 1. The van der Waals surface area contributed by atoms with Gasteiger partial charge < -0.3 is 23.4 Å². The number of carbonyl (C=O) groups excluding carboxylic acids is 2. The van der Waals surface area contributed by atoms with Crippen LogP contribution in [0.25, 0.3) is 11.0 Å². The van der Waals surface area contributed by atoms with Crippen LogP contribution < -0.4 is 9.47 Å². The van der Waals surface area contributed by atoms with E-state index in [1.54, 1.807) is 56.5 Å². The molecule has 0 atom stereocenters. The standard InChI is InChI=1S/C21H20O7/c1-3-25-21(23)20-17(16-6-4-5-7-18(16)28-20)12-27-19(22)13-26-15-10-8-14(24-2)9-11-15/h4-11H,3,12-13H2,1-2H3. The zero-order chi connectivity index (χ0) is 19.9. The van der Waals surface area contributed by atoms with Crippen molar-refractivity contribution in [2.75, 3.05) is 20.3 Å². The van der Waals surface area contributed by atoms with Gasteiger partial charge in [0.1, 0.15) is 23.7 Å². The quantitative estimate of drug-likeness (QED) is 0.547. The van der Waals surface area contributed by atoms with Crippen LogP contribution in [0.4, 0.5) is 0 Å². The lowest BCUT2D eigenvalue weighted by Crippen LogP contribution is -2.15. The predicted molar refractivity (Wildman–Crippen MR) is 100 cm³/mol. The Kier molecular flexibility index (Phi) is 6.16. The molecule has 0 amide bonds. The fourth-order valence-corrected chi connectivity index (χ4v) is 2.61. The van der Waals surface area contributed by atoms with Gasteiger partial charge >= 0.3 is 11.9 Å². The summed E-state index contributed by atoms with van der Waals surface area (Å²) in [6, 6.07) is 14.0. The van der Waals surface area contributed by atoms with Gasteiger partial charge in [-0.15, -0.1) is 0 Å². The van der Waals surface area contributed by atoms with Crippen molar-refractivity contribution in [1.29, 1.82) is 0 Å². The highest BCUT2D eigenvalue weighted by atomic mass is 16.6. The summed E-state index contributed by atoms with van der Waals surface area (Å²) in [6.45, 7) is 1.52. The lowest BCUT2D eigenvalue weighted by Gasteiger charge is -2.08. The summed E-state index contributed by atoms with van der Waals surface area (Å²) < 4.78 is 26.3. The van der Waals surface area contributed by atoms with Gasteiger partial charge in [0.25, 0.3) is 0 Å². The van der Waals surface area contributed by atoms with Gasteiger partial charge in [0, 0.05) is 5.39 Å². The van der Waals surface area contributed by atoms with E-state index in [0.29, 0.717) is 28.0 Å². The van der Waals surface area contributed by atoms with E-state index in [4.69, 9.17) is 23.4 Å². The van der Waals surface area contributed by atoms with Gasteiger partial charge in [-0.1, -0.05) is 18.2 Å². The Labute approximate surface area is 161 Å². The van der Waals surface area contributed by atoms with Crippen molar-refractivity contribution in [3.63, 3.8) is 0 Å². The fourth-order valence-electron chi connectivity index (χ4n) is 2.61. The molecule has 2 aromatic carbocycles. The molecule has 0 aliphatic carbocycles. The Balaban J connectivity index is 1.65. The third kappa shape index (κ3) is 4.43. The summed E-state index contributed by atoms with van der Waals surface area (Å²) >= 11 is 0. The first kappa shape index (κ1) is 19.3. The molecule has 0 saturated heterocycles. The highest BCUT2D eigenvalue weighted by Gasteiger charge is 2.22. The summed E-state index contributed by atoms with van der Waals surface area (Å²) in [5, 5.41) is 0.689. The van der Waals surface area contributed by atoms with Crippen molar-refractivity contribution in [2.24, 2.45) is 0 Å². The molecule has 0 fully saturated rings. The van der Waals surface area contributed by atoms with Crippen molar-refractivity contribution in [3.05, 3.63) is 59.9 Å². The number of benzene rings is 2. The molecule has 7 heteroatoms. The number of esters is 2. The highest BCUT2D eigenvalue weighted by molar-refractivity contribution is 5.96. The van der Waals surface area contributed by atoms with E-state index in [2.05, 4.69) is 0 Å². The summed E-state index contributed by atoms with van der Waals surface area (Å²) in [5.41, 5.74) is 0.984. The van der Waals surface area contributed by atoms with E-state index in [-0.39, 0.29) is 25.6 Å². The largest absolute Gasteiger partial charge is 0.497 e. The van der Waals surface area contributed by atoms with Crippen LogP contribution in [0, 0.1) is 0 Å². The maximum atomic E-state index is 12.2. The molecule has 0 radical (unpaired) electrons. The minimum absolute atomic E-state index is 0.0342. The maximum absolute atomic E-state index is 12.2. The normalized spacial score (nSPS) is 10.5. The van der Waals surface area contributed by atoms with Crippen molar-refractivity contribution < 1.29 is 33.0 Å². The molecule has 1 heterocycles. The minimum atomic E-state index is -0.598. The molecule has 0 unspecified atom stereocenters. The first-order chi connectivity index (χ1) is 13.6. The second-order valence-corrected chi connectivity index (χ2v) is 5.75. The number of para-hydroxylation sites is 1. The molecule has 28 heavy (non-hydrogen) atoms. The zero-order valence-corrected chi connectivity index (χ0v) is 15.6. The summed E-state index contributed by atoms with van der Waals surface area (Å²) in [7, 11) is 1.57. The van der Waals surface area contributed by atoms with Crippen LogP contribution in [-0.4, -0.2) is 32.3 Å². The zero-order valence-electron chi connectivity index (χ0n) is 15.6. The Bertz CT molecular complexity index is 957. The third-order valence-corrected chi connectivity index (χ3v) is 3.95. The topological polar surface area (TPSA) is 84.2 Å². The molecule has 0 bridgehead atoms. The van der Waals surface area contributed by atoms with Gasteiger partial charge in [-0.25, -0.2) is 9.59 Å². The number of fused-ring (bicyclic) bond motifs is 1. The van der Waals surface area contributed by atoms with E-state index < -0.39 is 11.9 Å². The predicted octanol–water partition coefficient (Wildman–Crippen LogP) is 3.74. The third-order valence-electron chi connectivity index (χ3n) is 3.95. The number of carbonyl (C=O) groups is 2.